The molecule has 1 saturated heterocycles. The van der Waals surface area contributed by atoms with Crippen molar-refractivity contribution in [1.29, 1.82) is 0 Å². The second kappa shape index (κ2) is 8.45. The molecule has 3 nitrogen and oxygen atoms in total. The highest BCUT2D eigenvalue weighted by atomic mass is 32.2. The highest BCUT2D eigenvalue weighted by Gasteiger charge is 2.27. The molecule has 128 valence electrons. The number of unbranched alkanes of at least 4 members (excludes halogenated alkanes) is 1. The van der Waals surface area contributed by atoms with Crippen molar-refractivity contribution < 1.29 is 9.32 Å². The summed E-state index contributed by atoms with van der Waals surface area (Å²) in [5.41, 5.74) is 1.41. The molecule has 1 aliphatic heterocycles. The van der Waals surface area contributed by atoms with E-state index in [0.717, 1.165) is 37.4 Å². The van der Waals surface area contributed by atoms with E-state index in [9.17, 15) is 9.32 Å². The zero-order valence-electron chi connectivity index (χ0n) is 13.9. The SMILES string of the molecule is O=S(c1ccc(O)cc1)C1CCN(CCCCc2ccccc2)C1. The topological polar surface area (TPSA) is 40.5 Å². The van der Waals surface area contributed by atoms with Crippen LogP contribution in [0.25, 0.3) is 0 Å². The van der Waals surface area contributed by atoms with Crippen molar-refractivity contribution in [2.24, 2.45) is 0 Å². The summed E-state index contributed by atoms with van der Waals surface area (Å²) in [6, 6.07) is 17.4. The van der Waals surface area contributed by atoms with E-state index in [1.54, 1.807) is 24.3 Å². The predicted octanol–water partition coefficient (Wildman–Crippen LogP) is 3.60. The Morgan fingerprint density at radius 3 is 2.54 bits per heavy atom. The van der Waals surface area contributed by atoms with Crippen LogP contribution in [0.5, 0.6) is 5.75 Å². The molecule has 2 aromatic rings. The molecule has 0 saturated carbocycles. The Morgan fingerprint density at radius 2 is 1.79 bits per heavy atom. The minimum absolute atomic E-state index is 0.212. The van der Waals surface area contributed by atoms with E-state index < -0.39 is 10.8 Å². The second-order valence-corrected chi connectivity index (χ2v) is 8.18. The van der Waals surface area contributed by atoms with E-state index >= 15 is 0 Å². The number of nitrogens with zero attached hydrogens (tertiary/aromatic N) is 1. The van der Waals surface area contributed by atoms with Crippen LogP contribution >= 0.6 is 0 Å². The summed E-state index contributed by atoms with van der Waals surface area (Å²) in [5.74, 6) is 0.224. The third-order valence-electron chi connectivity index (χ3n) is 4.63. The fourth-order valence-electron chi connectivity index (χ4n) is 3.26. The molecule has 4 heteroatoms. The van der Waals surface area contributed by atoms with Gasteiger partial charge in [-0.1, -0.05) is 30.3 Å². The van der Waals surface area contributed by atoms with Crippen LogP contribution in [0.2, 0.25) is 0 Å². The molecule has 3 rings (SSSR count). The molecule has 0 radical (unpaired) electrons. The first kappa shape index (κ1) is 17.2. The van der Waals surface area contributed by atoms with Gasteiger partial charge in [-0.25, -0.2) is 0 Å². The van der Waals surface area contributed by atoms with Gasteiger partial charge in [0.25, 0.3) is 0 Å². The van der Waals surface area contributed by atoms with Crippen molar-refractivity contribution in [3.63, 3.8) is 0 Å². The standard InChI is InChI=1S/C20H25NO2S/c22-18-9-11-19(12-10-18)24(23)20-13-15-21(16-20)14-5-4-8-17-6-2-1-3-7-17/h1-3,6-7,9-12,20,22H,4-5,8,13-16H2. The minimum atomic E-state index is -0.978. The molecule has 1 N–H and O–H groups in total. The first-order valence-corrected chi connectivity index (χ1v) is 9.89. The lowest BCUT2D eigenvalue weighted by Gasteiger charge is -2.15. The van der Waals surface area contributed by atoms with Crippen molar-refractivity contribution in [3.8, 4) is 5.75 Å². The van der Waals surface area contributed by atoms with Gasteiger partial charge in [0.05, 0.1) is 16.0 Å². The van der Waals surface area contributed by atoms with E-state index in [-0.39, 0.29) is 11.0 Å². The monoisotopic (exact) mass is 343 g/mol. The molecule has 1 fully saturated rings. The van der Waals surface area contributed by atoms with Crippen LogP contribution in [0.1, 0.15) is 24.8 Å². The van der Waals surface area contributed by atoms with Gasteiger partial charge in [-0.2, -0.15) is 0 Å². The van der Waals surface area contributed by atoms with Crippen molar-refractivity contribution >= 4 is 10.8 Å². The molecular weight excluding hydrogens is 318 g/mol. The summed E-state index contributed by atoms with van der Waals surface area (Å²) >= 11 is 0. The fourth-order valence-corrected chi connectivity index (χ4v) is 4.71. The summed E-state index contributed by atoms with van der Waals surface area (Å²) in [4.78, 5) is 3.26. The molecule has 0 aromatic heterocycles. The number of aryl methyl sites for hydroxylation is 1. The lowest BCUT2D eigenvalue weighted by Crippen LogP contribution is -2.25. The molecule has 0 spiro atoms. The summed E-state index contributed by atoms with van der Waals surface area (Å²) < 4.78 is 12.6. The van der Waals surface area contributed by atoms with E-state index in [1.807, 2.05) is 0 Å². The first-order valence-electron chi connectivity index (χ1n) is 8.68. The molecule has 1 heterocycles. The average molecular weight is 343 g/mol. The van der Waals surface area contributed by atoms with Crippen LogP contribution in [-0.2, 0) is 17.2 Å². The maximum absolute atomic E-state index is 12.6. The van der Waals surface area contributed by atoms with Gasteiger partial charge < -0.3 is 10.0 Å². The first-order chi connectivity index (χ1) is 11.7. The largest absolute Gasteiger partial charge is 0.508 e. The van der Waals surface area contributed by atoms with Crippen LogP contribution in [0.3, 0.4) is 0 Å². The van der Waals surface area contributed by atoms with Gasteiger partial charge in [0.2, 0.25) is 0 Å². The molecule has 2 atom stereocenters. The van der Waals surface area contributed by atoms with Gasteiger partial charge in [-0.3, -0.25) is 4.21 Å². The summed E-state index contributed by atoms with van der Waals surface area (Å²) in [6.45, 7) is 3.05. The molecule has 0 amide bonds. The van der Waals surface area contributed by atoms with Crippen molar-refractivity contribution in [1.82, 2.24) is 4.90 Å². The lowest BCUT2D eigenvalue weighted by atomic mass is 10.1. The van der Waals surface area contributed by atoms with Crippen LogP contribution in [0.4, 0.5) is 0 Å². The van der Waals surface area contributed by atoms with Gasteiger partial charge in [-0.05, 0) is 68.6 Å². The number of phenols is 1. The quantitative estimate of drug-likeness (QED) is 0.781. The van der Waals surface area contributed by atoms with Crippen molar-refractivity contribution in [2.75, 3.05) is 19.6 Å². The highest BCUT2D eigenvalue weighted by Crippen LogP contribution is 2.22. The normalized spacial score (nSPS) is 19.4. The molecule has 24 heavy (non-hydrogen) atoms. The van der Waals surface area contributed by atoms with E-state index in [1.165, 1.54) is 18.4 Å². The zero-order chi connectivity index (χ0) is 16.8. The summed E-state index contributed by atoms with van der Waals surface area (Å²) in [5, 5.41) is 9.55. The third kappa shape index (κ3) is 4.68. The van der Waals surface area contributed by atoms with Gasteiger partial charge in [0, 0.05) is 11.4 Å². The summed E-state index contributed by atoms with van der Waals surface area (Å²) in [7, 11) is -0.978. The smallest absolute Gasteiger partial charge is 0.115 e. The summed E-state index contributed by atoms with van der Waals surface area (Å²) in [6.07, 6.45) is 4.52. The Kier molecular flexibility index (Phi) is 6.05. The number of likely N-dealkylation sites (tertiary alicyclic amines) is 1. The van der Waals surface area contributed by atoms with Crippen LogP contribution in [0, 0.1) is 0 Å². The molecule has 2 aromatic carbocycles. The Labute approximate surface area is 146 Å². The second-order valence-electron chi connectivity index (χ2n) is 6.45. The number of phenolic OH excluding ortho intramolecular Hbond substituents is 1. The van der Waals surface area contributed by atoms with Gasteiger partial charge >= 0.3 is 0 Å². The van der Waals surface area contributed by atoms with E-state index in [4.69, 9.17) is 0 Å². The molecule has 2 unspecified atom stereocenters. The predicted molar refractivity (Wildman–Crippen MR) is 98.7 cm³/mol. The zero-order valence-corrected chi connectivity index (χ0v) is 14.8. The molecule has 0 bridgehead atoms. The van der Waals surface area contributed by atoms with Crippen molar-refractivity contribution in [3.05, 3.63) is 60.2 Å². The number of rotatable bonds is 7. The maximum Gasteiger partial charge on any atom is 0.115 e. The fraction of sp³-hybridized carbons (Fsp3) is 0.400. The van der Waals surface area contributed by atoms with Crippen molar-refractivity contribution in [2.45, 2.75) is 35.8 Å². The molecule has 0 aliphatic carbocycles. The lowest BCUT2D eigenvalue weighted by molar-refractivity contribution is 0.330. The number of benzene rings is 2. The van der Waals surface area contributed by atoms with Crippen LogP contribution < -0.4 is 0 Å². The maximum atomic E-state index is 12.6. The van der Waals surface area contributed by atoms with Crippen LogP contribution in [-0.4, -0.2) is 39.1 Å². The van der Waals surface area contributed by atoms with E-state index in [0.29, 0.717) is 0 Å². The number of hydrogen-bond donors (Lipinski definition) is 1. The molecular formula is C20H25NO2S. The third-order valence-corrected chi connectivity index (χ3v) is 6.36. The van der Waals surface area contributed by atoms with Gasteiger partial charge in [0.15, 0.2) is 0 Å². The Morgan fingerprint density at radius 1 is 1.04 bits per heavy atom. The van der Waals surface area contributed by atoms with Gasteiger partial charge in [0.1, 0.15) is 5.75 Å². The Bertz CT molecular complexity index is 657. The highest BCUT2D eigenvalue weighted by molar-refractivity contribution is 7.85. The minimum Gasteiger partial charge on any atom is -0.508 e. The molecule has 1 aliphatic rings. The van der Waals surface area contributed by atoms with Crippen LogP contribution in [0.15, 0.2) is 59.5 Å². The Hall–Kier alpha value is -1.65. The van der Waals surface area contributed by atoms with E-state index in [2.05, 4.69) is 35.2 Å². The Balaban J connectivity index is 1.40. The number of hydrogen-bond acceptors (Lipinski definition) is 3. The average Bonchev–Trinajstić information content (AvgIpc) is 3.09. The number of aromatic hydroxyl groups is 1. The van der Waals surface area contributed by atoms with Gasteiger partial charge in [-0.15, -0.1) is 0 Å².